The van der Waals surface area contributed by atoms with Gasteiger partial charge in [-0.25, -0.2) is 0 Å². The summed E-state index contributed by atoms with van der Waals surface area (Å²) in [5, 5.41) is 2.90. The molecule has 0 radical (unpaired) electrons. The van der Waals surface area contributed by atoms with Crippen LogP contribution in [0.3, 0.4) is 0 Å². The van der Waals surface area contributed by atoms with Gasteiger partial charge in [0.05, 0.1) is 12.2 Å². The number of amides is 1. The molecule has 4 nitrogen and oxygen atoms in total. The summed E-state index contributed by atoms with van der Waals surface area (Å²) in [6.07, 6.45) is 4.64. The van der Waals surface area contributed by atoms with Gasteiger partial charge in [0.25, 0.3) is 0 Å². The van der Waals surface area contributed by atoms with Crippen LogP contribution in [-0.2, 0) is 11.3 Å². The lowest BCUT2D eigenvalue weighted by Crippen LogP contribution is -2.42. The van der Waals surface area contributed by atoms with Crippen LogP contribution in [0.25, 0.3) is 0 Å². The molecule has 1 aliphatic carbocycles. The minimum atomic E-state index is -0.274. The Morgan fingerprint density at radius 3 is 2.83 bits per heavy atom. The standard InChI is InChI=1S/C14H21N3O/c1-11-5-4-6-12(17-11)10-16-13(18)9-14(15)7-2-3-8-14/h4-6H,2-3,7-10,15H2,1H3,(H,16,18). The molecular weight excluding hydrogens is 226 g/mol. The second-order valence-electron chi connectivity index (χ2n) is 5.29. The Bertz CT molecular complexity index is 425. The second-order valence-corrected chi connectivity index (χ2v) is 5.29. The van der Waals surface area contributed by atoms with Crippen LogP contribution in [0.1, 0.15) is 43.5 Å². The maximum absolute atomic E-state index is 11.8. The van der Waals surface area contributed by atoms with Crippen molar-refractivity contribution in [2.24, 2.45) is 5.73 Å². The van der Waals surface area contributed by atoms with Crippen LogP contribution in [-0.4, -0.2) is 16.4 Å². The molecule has 98 valence electrons. The van der Waals surface area contributed by atoms with Gasteiger partial charge in [0.1, 0.15) is 0 Å². The SMILES string of the molecule is Cc1cccc(CNC(=O)CC2(N)CCCC2)n1. The number of nitrogens with zero attached hydrogens (tertiary/aromatic N) is 1. The maximum Gasteiger partial charge on any atom is 0.222 e. The minimum Gasteiger partial charge on any atom is -0.350 e. The van der Waals surface area contributed by atoms with Gasteiger partial charge in [-0.1, -0.05) is 18.9 Å². The summed E-state index contributed by atoms with van der Waals surface area (Å²) < 4.78 is 0. The van der Waals surface area contributed by atoms with E-state index in [-0.39, 0.29) is 11.4 Å². The van der Waals surface area contributed by atoms with Gasteiger partial charge in [-0.2, -0.15) is 0 Å². The van der Waals surface area contributed by atoms with Gasteiger partial charge in [-0.3, -0.25) is 9.78 Å². The molecule has 1 saturated carbocycles. The van der Waals surface area contributed by atoms with Crippen molar-refractivity contribution < 1.29 is 4.79 Å². The lowest BCUT2D eigenvalue weighted by Gasteiger charge is -2.22. The average Bonchev–Trinajstić information content (AvgIpc) is 2.73. The van der Waals surface area contributed by atoms with Crippen molar-refractivity contribution in [2.75, 3.05) is 0 Å². The number of hydrogen-bond donors (Lipinski definition) is 2. The van der Waals surface area contributed by atoms with Crippen molar-refractivity contribution in [1.29, 1.82) is 0 Å². The molecule has 0 aliphatic heterocycles. The van der Waals surface area contributed by atoms with Gasteiger partial charge in [-0.15, -0.1) is 0 Å². The van der Waals surface area contributed by atoms with E-state index >= 15 is 0 Å². The third-order valence-corrected chi connectivity index (χ3v) is 3.52. The Kier molecular flexibility index (Phi) is 3.97. The topological polar surface area (TPSA) is 68.0 Å². The van der Waals surface area contributed by atoms with Crippen LogP contribution >= 0.6 is 0 Å². The fourth-order valence-corrected chi connectivity index (χ4v) is 2.53. The van der Waals surface area contributed by atoms with E-state index in [1.165, 1.54) is 0 Å². The minimum absolute atomic E-state index is 0.0303. The molecule has 0 unspecified atom stereocenters. The molecule has 3 N–H and O–H groups in total. The number of aromatic nitrogens is 1. The number of hydrogen-bond acceptors (Lipinski definition) is 3. The predicted molar refractivity (Wildman–Crippen MR) is 70.8 cm³/mol. The van der Waals surface area contributed by atoms with Crippen LogP contribution in [0.5, 0.6) is 0 Å². The first kappa shape index (κ1) is 13.0. The van der Waals surface area contributed by atoms with Crippen LogP contribution in [0, 0.1) is 6.92 Å². The van der Waals surface area contributed by atoms with Crippen molar-refractivity contribution in [3.8, 4) is 0 Å². The third kappa shape index (κ3) is 3.53. The molecule has 0 saturated heterocycles. The lowest BCUT2D eigenvalue weighted by molar-refractivity contribution is -0.122. The number of nitrogens with one attached hydrogen (secondary N) is 1. The highest BCUT2D eigenvalue weighted by Crippen LogP contribution is 2.29. The Balaban J connectivity index is 1.81. The van der Waals surface area contributed by atoms with Crippen LogP contribution in [0.4, 0.5) is 0 Å². The smallest absolute Gasteiger partial charge is 0.222 e. The second kappa shape index (κ2) is 5.48. The molecule has 0 spiro atoms. The predicted octanol–water partition coefficient (Wildman–Crippen LogP) is 1.67. The first-order valence-corrected chi connectivity index (χ1v) is 6.56. The Labute approximate surface area is 108 Å². The largest absolute Gasteiger partial charge is 0.350 e. The summed E-state index contributed by atoms with van der Waals surface area (Å²) in [5.41, 5.74) is 7.76. The highest BCUT2D eigenvalue weighted by Gasteiger charge is 2.31. The fraction of sp³-hybridized carbons (Fsp3) is 0.571. The van der Waals surface area contributed by atoms with Crippen molar-refractivity contribution in [1.82, 2.24) is 10.3 Å². The molecule has 4 heteroatoms. The number of carbonyl (C=O) groups excluding carboxylic acids is 1. The molecule has 1 amide bonds. The van der Waals surface area contributed by atoms with Gasteiger partial charge in [0.15, 0.2) is 0 Å². The van der Waals surface area contributed by atoms with Crippen LogP contribution in [0.2, 0.25) is 0 Å². The van der Waals surface area contributed by atoms with Gasteiger partial charge >= 0.3 is 0 Å². The Hall–Kier alpha value is -1.42. The van der Waals surface area contributed by atoms with E-state index in [1.54, 1.807) is 0 Å². The molecular formula is C14H21N3O. The summed E-state index contributed by atoms with van der Waals surface area (Å²) in [6.45, 7) is 2.43. The fourth-order valence-electron chi connectivity index (χ4n) is 2.53. The van der Waals surface area contributed by atoms with Crippen LogP contribution < -0.4 is 11.1 Å². The zero-order chi connectivity index (χ0) is 13.0. The van der Waals surface area contributed by atoms with E-state index in [1.807, 2.05) is 25.1 Å². The van der Waals surface area contributed by atoms with Gasteiger partial charge in [-0.05, 0) is 31.9 Å². The summed E-state index contributed by atoms with van der Waals surface area (Å²) in [7, 11) is 0. The Morgan fingerprint density at radius 1 is 1.44 bits per heavy atom. The lowest BCUT2D eigenvalue weighted by atomic mass is 9.94. The summed E-state index contributed by atoms with van der Waals surface area (Å²) in [5.74, 6) is 0.0303. The van der Waals surface area contributed by atoms with E-state index in [9.17, 15) is 4.79 Å². The normalized spacial score (nSPS) is 17.7. The monoisotopic (exact) mass is 247 g/mol. The zero-order valence-corrected chi connectivity index (χ0v) is 10.9. The van der Waals surface area contributed by atoms with E-state index in [0.717, 1.165) is 37.1 Å². The summed E-state index contributed by atoms with van der Waals surface area (Å²) in [4.78, 5) is 16.2. The molecule has 2 rings (SSSR count). The average molecular weight is 247 g/mol. The van der Waals surface area contributed by atoms with Crippen molar-refractivity contribution in [3.05, 3.63) is 29.6 Å². The van der Waals surface area contributed by atoms with E-state index < -0.39 is 0 Å². The molecule has 18 heavy (non-hydrogen) atoms. The molecule has 1 aliphatic rings. The van der Waals surface area contributed by atoms with Crippen molar-refractivity contribution >= 4 is 5.91 Å². The van der Waals surface area contributed by atoms with E-state index in [4.69, 9.17) is 5.73 Å². The van der Waals surface area contributed by atoms with Crippen LogP contribution in [0.15, 0.2) is 18.2 Å². The maximum atomic E-state index is 11.8. The first-order chi connectivity index (χ1) is 8.57. The molecule has 0 bridgehead atoms. The van der Waals surface area contributed by atoms with Gasteiger partial charge in [0.2, 0.25) is 5.91 Å². The molecule has 1 heterocycles. The first-order valence-electron chi connectivity index (χ1n) is 6.56. The van der Waals surface area contributed by atoms with Crippen molar-refractivity contribution in [3.63, 3.8) is 0 Å². The Morgan fingerprint density at radius 2 is 2.17 bits per heavy atom. The molecule has 1 aromatic rings. The molecule has 1 fully saturated rings. The van der Waals surface area contributed by atoms with Gasteiger partial charge < -0.3 is 11.1 Å². The highest BCUT2D eigenvalue weighted by molar-refractivity contribution is 5.77. The quantitative estimate of drug-likeness (QED) is 0.850. The summed E-state index contributed by atoms with van der Waals surface area (Å²) >= 11 is 0. The summed E-state index contributed by atoms with van der Waals surface area (Å²) in [6, 6.07) is 5.81. The number of aryl methyl sites for hydroxylation is 1. The molecule has 0 aromatic carbocycles. The van der Waals surface area contributed by atoms with Crippen molar-refractivity contribution in [2.45, 2.75) is 51.1 Å². The molecule has 0 atom stereocenters. The number of nitrogens with two attached hydrogens (primary N) is 1. The van der Waals surface area contributed by atoms with Gasteiger partial charge in [0, 0.05) is 17.7 Å². The number of rotatable bonds is 4. The number of carbonyl (C=O) groups is 1. The van der Waals surface area contributed by atoms with E-state index in [2.05, 4.69) is 10.3 Å². The van der Waals surface area contributed by atoms with E-state index in [0.29, 0.717) is 13.0 Å². The molecule has 1 aromatic heterocycles. The highest BCUT2D eigenvalue weighted by atomic mass is 16.1. The zero-order valence-electron chi connectivity index (χ0n) is 10.9. The third-order valence-electron chi connectivity index (χ3n) is 3.52. The number of pyridine rings is 1.